The summed E-state index contributed by atoms with van der Waals surface area (Å²) in [6, 6.07) is 109. The first-order valence-corrected chi connectivity index (χ1v) is 37.4. The summed E-state index contributed by atoms with van der Waals surface area (Å²) in [5.74, 6) is -2.00. The van der Waals surface area contributed by atoms with Crippen LogP contribution < -0.4 is 0 Å². The number of benzene rings is 7. The molecule has 0 saturated carbocycles. The standard InChI is InChI=1S/C11H8N.C11H20O2.6C10H7N2.C6H5NO2.C5H4N2O2.C5H8O2.6Ir/c1-2-6-10(7-3-1)11-8-4-5-9-12-11;1-10(2,3)8(12)7-9(13)11(4,5)6;6*1-2-5-9(6-3-1)10-7-4-8-11-12-10;8-6(9)5-3-1-2-4-7-5;8-5(9)4-3-6-1-2-7-4;1-4(6)3-5(2)7;;;;;;/h1-6,8-9H;7,12H,1-6H3;6*1-5,7-8H;1-4H,(H,8,9);1-3H,(H,8,9);3,6H,1-2H3;;;;;;/q-1;;6*-1;;;;;;;;;. The molecule has 4 N–H and O–H groups in total. The SMILES string of the molecule is CC(=O)C=C(C)O.CC(C)(C)C(=O)C=C(O)C(C)(C)C.O=C(O)c1ccccn1.O=C(O)c1cnccn1.[Ir].[Ir].[Ir].[Ir].[Ir].[Ir].[c-]1ccccc1-c1ccccn1.[c-]1ccccc1-c1cccnn1.[c-]1ccccc1-c1cccnn1.[c-]1ccccc1-c1cccnn1.[c-]1ccccc1-c1cccnn1.[c-]1ccccc1-c1cccnn1.[c-]1ccccc1-c1cccnn1. The van der Waals surface area contributed by atoms with Gasteiger partial charge < -0.3 is 25.4 Å². The van der Waals surface area contributed by atoms with Crippen LogP contribution in [0.1, 0.15) is 76.4 Å². The summed E-state index contributed by atoms with van der Waals surface area (Å²) < 4.78 is 0. The number of rotatable bonds is 11. The van der Waals surface area contributed by atoms with E-state index in [9.17, 15) is 24.3 Å². The first kappa shape index (κ1) is 116. The van der Waals surface area contributed by atoms with Crippen LogP contribution in [-0.4, -0.2) is 125 Å². The van der Waals surface area contributed by atoms with Crippen molar-refractivity contribution in [2.75, 3.05) is 0 Å². The van der Waals surface area contributed by atoms with Crippen LogP contribution in [0.4, 0.5) is 0 Å². The van der Waals surface area contributed by atoms with E-state index in [2.05, 4.69) is 124 Å². The summed E-state index contributed by atoms with van der Waals surface area (Å²) in [4.78, 5) is 56.6. The van der Waals surface area contributed by atoms with Crippen LogP contribution in [0.5, 0.6) is 0 Å². The predicted molar refractivity (Wildman–Crippen MR) is 468 cm³/mol. The number of aliphatic hydroxyl groups is 2. The number of aromatic nitrogens is 16. The molecule has 668 valence electrons. The van der Waals surface area contributed by atoms with E-state index in [1.807, 2.05) is 302 Å². The molecule has 0 bridgehead atoms. The molecule has 9 heterocycles. The molecule has 128 heavy (non-hydrogen) atoms. The molecular weight excluding hydrogens is 2680 g/mol. The van der Waals surface area contributed by atoms with Gasteiger partial charge in [-0.25, -0.2) is 50.1 Å². The third-order valence-electron chi connectivity index (χ3n) is 14.8. The monoisotopic (exact) mass is 2770 g/mol. The van der Waals surface area contributed by atoms with Crippen molar-refractivity contribution in [3.05, 3.63) is 425 Å². The molecule has 9 aromatic heterocycles. The van der Waals surface area contributed by atoms with E-state index < -0.39 is 17.4 Å². The minimum Gasteiger partial charge on any atom is -0.512 e. The van der Waals surface area contributed by atoms with Crippen molar-refractivity contribution in [1.82, 2.24) is 81.1 Å². The second-order valence-corrected chi connectivity index (χ2v) is 26.5. The molecule has 0 fully saturated rings. The second-order valence-electron chi connectivity index (χ2n) is 26.5. The van der Waals surface area contributed by atoms with Crippen molar-refractivity contribution >= 4 is 23.5 Å². The summed E-state index contributed by atoms with van der Waals surface area (Å²) in [6.07, 6.45) is 19.6. The van der Waals surface area contributed by atoms with Gasteiger partial charge in [-0.2, -0.15) is 30.6 Å². The number of aliphatic hydroxyl groups excluding tert-OH is 2. The second kappa shape index (κ2) is 67.9. The molecule has 16 rings (SSSR count). The summed E-state index contributed by atoms with van der Waals surface area (Å²) >= 11 is 0. The normalized spacial score (nSPS) is 9.69. The molecule has 0 amide bonds. The van der Waals surface area contributed by atoms with Crippen molar-refractivity contribution in [2.24, 2.45) is 10.8 Å². The number of carbonyl (C=O) groups excluding carboxylic acids is 2. The van der Waals surface area contributed by atoms with Gasteiger partial charge in [0.15, 0.2) is 17.3 Å². The molecule has 24 nitrogen and oxygen atoms in total. The van der Waals surface area contributed by atoms with Gasteiger partial charge in [-0.15, -0.1) is 251 Å². The van der Waals surface area contributed by atoms with Crippen LogP contribution in [0.2, 0.25) is 0 Å². The fourth-order valence-corrected chi connectivity index (χ4v) is 8.81. The number of ketones is 2. The van der Waals surface area contributed by atoms with Crippen LogP contribution >= 0.6 is 0 Å². The smallest absolute Gasteiger partial charge is 0.356 e. The van der Waals surface area contributed by atoms with Crippen molar-refractivity contribution in [3.8, 4) is 78.8 Å². The summed E-state index contributed by atoms with van der Waals surface area (Å²) in [5.41, 5.74) is 12.3. The third kappa shape index (κ3) is 49.0. The Morgan fingerprint density at radius 3 is 0.695 bits per heavy atom. The summed E-state index contributed by atoms with van der Waals surface area (Å²) in [7, 11) is 0. The molecule has 30 heteroatoms. The van der Waals surface area contributed by atoms with E-state index >= 15 is 0 Å². The number of nitrogens with zero attached hydrogens (tertiary/aromatic N) is 16. The van der Waals surface area contributed by atoms with Crippen molar-refractivity contribution in [2.45, 2.75) is 55.4 Å². The van der Waals surface area contributed by atoms with E-state index in [0.717, 1.165) is 78.8 Å². The fourth-order valence-electron chi connectivity index (χ4n) is 8.81. The molecule has 0 spiro atoms. The number of pyridine rings is 2. The Labute approximate surface area is 827 Å². The van der Waals surface area contributed by atoms with Gasteiger partial charge in [0, 0.05) is 240 Å². The topological polar surface area (TPSA) is 355 Å². The number of hydrogen-bond donors (Lipinski definition) is 4. The molecule has 0 unspecified atom stereocenters. The number of aromatic carboxylic acids is 2. The number of allylic oxidation sites excluding steroid dienone is 4. The van der Waals surface area contributed by atoms with E-state index in [1.54, 1.807) is 55.5 Å². The molecule has 16 aromatic rings. The van der Waals surface area contributed by atoms with Gasteiger partial charge in [-0.05, 0) is 74.1 Å². The maximum atomic E-state index is 11.5. The first-order valence-electron chi connectivity index (χ1n) is 37.4. The molecular formula is C98H87Ir6N16O8-7. The van der Waals surface area contributed by atoms with Gasteiger partial charge in [0.25, 0.3) is 0 Å². The Hall–Kier alpha value is -12.3. The largest absolute Gasteiger partial charge is 0.512 e. The van der Waals surface area contributed by atoms with Crippen molar-refractivity contribution < 1.29 is 160 Å². The van der Waals surface area contributed by atoms with Gasteiger partial charge in [-0.3, -0.25) is 14.6 Å². The van der Waals surface area contributed by atoms with Crippen LogP contribution in [0.3, 0.4) is 0 Å². The van der Waals surface area contributed by atoms with Crippen LogP contribution in [0.25, 0.3) is 78.8 Å². The zero-order valence-electron chi connectivity index (χ0n) is 70.1. The quantitative estimate of drug-likeness (QED) is 0.0531. The minimum absolute atomic E-state index is 0. The van der Waals surface area contributed by atoms with E-state index in [1.165, 1.54) is 56.9 Å². The number of carboxylic acids is 2. The van der Waals surface area contributed by atoms with Crippen LogP contribution in [-0.2, 0) is 130 Å². The maximum Gasteiger partial charge on any atom is 0.356 e. The zero-order valence-corrected chi connectivity index (χ0v) is 84.5. The Bertz CT molecular complexity index is 4540. The van der Waals surface area contributed by atoms with Crippen LogP contribution in [0, 0.1) is 53.3 Å². The number of carboxylic acid groups (broad SMARTS) is 2. The molecule has 0 aliphatic rings. The average molecular weight is 2770 g/mol. The Morgan fingerprint density at radius 2 is 0.531 bits per heavy atom. The van der Waals surface area contributed by atoms with Crippen LogP contribution in [0.15, 0.2) is 371 Å². The maximum absolute atomic E-state index is 11.5. The van der Waals surface area contributed by atoms with Gasteiger partial charge in [0.2, 0.25) is 0 Å². The molecule has 0 aliphatic carbocycles. The molecule has 0 aliphatic heterocycles. The van der Waals surface area contributed by atoms with Crippen molar-refractivity contribution in [1.29, 1.82) is 0 Å². The number of hydrogen-bond acceptors (Lipinski definition) is 22. The van der Waals surface area contributed by atoms with Gasteiger partial charge >= 0.3 is 11.9 Å². The van der Waals surface area contributed by atoms with Gasteiger partial charge in [-0.1, -0.05) is 96.1 Å². The average Bonchev–Trinajstić information content (AvgIpc) is 0.875. The number of carbonyl (C=O) groups is 4. The molecule has 6 radical (unpaired) electrons. The Morgan fingerprint density at radius 1 is 0.273 bits per heavy atom. The van der Waals surface area contributed by atoms with E-state index in [-0.39, 0.29) is 161 Å². The third-order valence-corrected chi connectivity index (χ3v) is 14.8. The van der Waals surface area contributed by atoms with Gasteiger partial charge in [0.05, 0.1) is 12.0 Å². The van der Waals surface area contributed by atoms with E-state index in [4.69, 9.17) is 15.3 Å². The van der Waals surface area contributed by atoms with E-state index in [0.29, 0.717) is 0 Å². The Balaban J connectivity index is 0.00000138. The Kier molecular flexibility index (Phi) is 61.4. The molecule has 0 saturated heterocycles. The zero-order chi connectivity index (χ0) is 87.7. The molecule has 7 aromatic carbocycles. The first-order chi connectivity index (χ1) is 59.0. The predicted octanol–water partition coefficient (Wildman–Crippen LogP) is 19.3. The van der Waals surface area contributed by atoms with Gasteiger partial charge in [0.1, 0.15) is 11.5 Å². The summed E-state index contributed by atoms with van der Waals surface area (Å²) in [6.45, 7) is 14.0. The fraction of sp³-hybridized carbons (Fsp3) is 0.102. The van der Waals surface area contributed by atoms with Crippen molar-refractivity contribution in [3.63, 3.8) is 0 Å². The minimum atomic E-state index is -1.05. The molecule has 0 atom stereocenters. The summed E-state index contributed by atoms with van der Waals surface area (Å²) in [5, 5.41) is 81.1.